The van der Waals surface area contributed by atoms with Crippen LogP contribution in [0, 0.1) is 26.7 Å². The number of aryl methyl sites for hydroxylation is 2. The standard InChI is InChI=1S/C20H24ClN5O/c1-13-5-7-17(8-6-13)11-25-12-18(9-22-25)23-20(27)14(2)10-26-16(4)19(21)15(3)24-26/h5-9,12,14H,10-11H2,1-4H3,(H,23,27). The van der Waals surface area contributed by atoms with Crippen molar-refractivity contribution in [3.05, 3.63) is 64.2 Å². The van der Waals surface area contributed by atoms with Crippen molar-refractivity contribution in [2.75, 3.05) is 5.32 Å². The Morgan fingerprint density at radius 1 is 1.22 bits per heavy atom. The Bertz CT molecular complexity index is 942. The average molecular weight is 386 g/mol. The van der Waals surface area contributed by atoms with Crippen LogP contribution in [0.15, 0.2) is 36.7 Å². The predicted molar refractivity (Wildman–Crippen MR) is 107 cm³/mol. The summed E-state index contributed by atoms with van der Waals surface area (Å²) in [4.78, 5) is 12.5. The second kappa shape index (κ2) is 7.96. The molecule has 0 aliphatic rings. The number of nitrogens with zero attached hydrogens (tertiary/aromatic N) is 4. The van der Waals surface area contributed by atoms with Crippen molar-refractivity contribution in [2.24, 2.45) is 5.92 Å². The van der Waals surface area contributed by atoms with E-state index < -0.39 is 0 Å². The number of aromatic nitrogens is 4. The van der Waals surface area contributed by atoms with E-state index in [4.69, 9.17) is 11.6 Å². The number of benzene rings is 1. The zero-order valence-electron chi connectivity index (χ0n) is 16.0. The largest absolute Gasteiger partial charge is 0.323 e. The number of halogens is 1. The number of carbonyl (C=O) groups is 1. The van der Waals surface area contributed by atoms with Crippen molar-refractivity contribution in [2.45, 2.75) is 40.8 Å². The third-order valence-corrected chi connectivity index (χ3v) is 5.10. The summed E-state index contributed by atoms with van der Waals surface area (Å²) >= 11 is 6.17. The van der Waals surface area contributed by atoms with Crippen LogP contribution in [0.5, 0.6) is 0 Å². The van der Waals surface area contributed by atoms with Gasteiger partial charge in [-0.2, -0.15) is 10.2 Å². The number of amides is 1. The Hall–Kier alpha value is -2.60. The molecule has 6 nitrogen and oxygen atoms in total. The zero-order valence-corrected chi connectivity index (χ0v) is 16.8. The van der Waals surface area contributed by atoms with Crippen LogP contribution in [0.3, 0.4) is 0 Å². The molecule has 0 radical (unpaired) electrons. The number of rotatable bonds is 6. The molecule has 0 saturated heterocycles. The second-order valence-corrected chi connectivity index (χ2v) is 7.35. The first-order valence-electron chi connectivity index (χ1n) is 8.92. The summed E-state index contributed by atoms with van der Waals surface area (Å²) in [5.74, 6) is -0.326. The first kappa shape index (κ1) is 19.2. The summed E-state index contributed by atoms with van der Waals surface area (Å²) in [6.45, 7) is 8.84. The highest BCUT2D eigenvalue weighted by molar-refractivity contribution is 6.31. The van der Waals surface area contributed by atoms with Crippen molar-refractivity contribution in [1.82, 2.24) is 19.6 Å². The van der Waals surface area contributed by atoms with Crippen molar-refractivity contribution in [3.63, 3.8) is 0 Å². The van der Waals surface area contributed by atoms with Crippen LogP contribution in [0.25, 0.3) is 0 Å². The lowest BCUT2D eigenvalue weighted by molar-refractivity contribution is -0.119. The van der Waals surface area contributed by atoms with E-state index in [2.05, 4.69) is 46.7 Å². The molecule has 3 rings (SSSR count). The molecule has 0 aliphatic heterocycles. The minimum Gasteiger partial charge on any atom is -0.323 e. The molecular formula is C20H24ClN5O. The van der Waals surface area contributed by atoms with Gasteiger partial charge in [-0.3, -0.25) is 14.2 Å². The van der Waals surface area contributed by atoms with Gasteiger partial charge in [-0.25, -0.2) is 0 Å². The lowest BCUT2D eigenvalue weighted by atomic mass is 10.1. The van der Waals surface area contributed by atoms with Gasteiger partial charge in [-0.05, 0) is 26.3 Å². The quantitative estimate of drug-likeness (QED) is 0.697. The summed E-state index contributed by atoms with van der Waals surface area (Å²) in [5, 5.41) is 12.3. The van der Waals surface area contributed by atoms with Gasteiger partial charge >= 0.3 is 0 Å². The molecular weight excluding hydrogens is 362 g/mol. The van der Waals surface area contributed by atoms with Gasteiger partial charge in [-0.1, -0.05) is 48.4 Å². The van der Waals surface area contributed by atoms with Crippen molar-refractivity contribution in [3.8, 4) is 0 Å². The highest BCUT2D eigenvalue weighted by atomic mass is 35.5. The molecule has 142 valence electrons. The van der Waals surface area contributed by atoms with Gasteiger partial charge in [0.1, 0.15) is 0 Å². The highest BCUT2D eigenvalue weighted by Gasteiger charge is 2.18. The van der Waals surface area contributed by atoms with Gasteiger partial charge in [0.15, 0.2) is 0 Å². The van der Waals surface area contributed by atoms with Crippen molar-refractivity contribution in [1.29, 1.82) is 0 Å². The predicted octanol–water partition coefficient (Wildman–Crippen LogP) is 3.98. The molecule has 7 heteroatoms. The molecule has 0 spiro atoms. The molecule has 1 aromatic carbocycles. The highest BCUT2D eigenvalue weighted by Crippen LogP contribution is 2.20. The maximum Gasteiger partial charge on any atom is 0.229 e. The monoisotopic (exact) mass is 385 g/mol. The first-order chi connectivity index (χ1) is 12.8. The fraction of sp³-hybridized carbons (Fsp3) is 0.350. The molecule has 3 aromatic rings. The minimum atomic E-state index is -0.250. The number of anilines is 1. The van der Waals surface area contributed by atoms with E-state index in [1.54, 1.807) is 10.9 Å². The molecule has 1 N–H and O–H groups in total. The van der Waals surface area contributed by atoms with Crippen LogP contribution < -0.4 is 5.32 Å². The van der Waals surface area contributed by atoms with Crippen LogP contribution in [0.2, 0.25) is 5.02 Å². The first-order valence-corrected chi connectivity index (χ1v) is 9.29. The van der Waals surface area contributed by atoms with E-state index in [0.29, 0.717) is 23.8 Å². The molecule has 1 unspecified atom stereocenters. The van der Waals surface area contributed by atoms with E-state index in [1.165, 1.54) is 5.56 Å². The Morgan fingerprint density at radius 3 is 2.56 bits per heavy atom. The maximum atomic E-state index is 12.5. The number of nitrogens with one attached hydrogen (secondary N) is 1. The van der Waals surface area contributed by atoms with Gasteiger partial charge in [0, 0.05) is 6.20 Å². The van der Waals surface area contributed by atoms with E-state index in [-0.39, 0.29) is 11.8 Å². The molecule has 1 amide bonds. The van der Waals surface area contributed by atoms with Gasteiger partial charge in [0.2, 0.25) is 5.91 Å². The molecule has 2 heterocycles. The summed E-state index contributed by atoms with van der Waals surface area (Å²) in [7, 11) is 0. The fourth-order valence-electron chi connectivity index (χ4n) is 2.86. The maximum absolute atomic E-state index is 12.5. The SMILES string of the molecule is Cc1ccc(Cn2cc(NC(=O)C(C)Cn3nc(C)c(Cl)c3C)cn2)cc1. The fourth-order valence-corrected chi connectivity index (χ4v) is 2.99. The third kappa shape index (κ3) is 4.57. The molecule has 2 aromatic heterocycles. The molecule has 1 atom stereocenters. The number of carbonyl (C=O) groups excluding carboxylic acids is 1. The molecule has 0 fully saturated rings. The van der Waals surface area contributed by atoms with E-state index in [1.807, 2.05) is 31.6 Å². The van der Waals surface area contributed by atoms with E-state index >= 15 is 0 Å². The summed E-state index contributed by atoms with van der Waals surface area (Å²) in [6, 6.07) is 8.32. The van der Waals surface area contributed by atoms with Crippen LogP contribution >= 0.6 is 11.6 Å². The lowest BCUT2D eigenvalue weighted by Crippen LogP contribution is -2.25. The van der Waals surface area contributed by atoms with Crippen LogP contribution in [0.4, 0.5) is 5.69 Å². The summed E-state index contributed by atoms with van der Waals surface area (Å²) in [6.07, 6.45) is 3.50. The second-order valence-electron chi connectivity index (χ2n) is 6.97. The van der Waals surface area contributed by atoms with Crippen LogP contribution in [0.1, 0.15) is 29.4 Å². The van der Waals surface area contributed by atoms with Gasteiger partial charge in [0.25, 0.3) is 0 Å². The smallest absolute Gasteiger partial charge is 0.229 e. The normalized spacial score (nSPS) is 12.2. The van der Waals surface area contributed by atoms with Crippen LogP contribution in [-0.4, -0.2) is 25.5 Å². The van der Waals surface area contributed by atoms with Crippen molar-refractivity contribution < 1.29 is 4.79 Å². The number of hydrogen-bond acceptors (Lipinski definition) is 3. The minimum absolute atomic E-state index is 0.0754. The van der Waals surface area contributed by atoms with Crippen LogP contribution in [-0.2, 0) is 17.9 Å². The third-order valence-electron chi connectivity index (χ3n) is 4.55. The molecule has 0 aliphatic carbocycles. The molecule has 0 bridgehead atoms. The van der Waals surface area contributed by atoms with E-state index in [9.17, 15) is 4.79 Å². The van der Waals surface area contributed by atoms with Crippen molar-refractivity contribution >= 4 is 23.2 Å². The Balaban J connectivity index is 1.59. The average Bonchev–Trinajstić information content (AvgIpc) is 3.17. The molecule has 0 saturated carbocycles. The summed E-state index contributed by atoms with van der Waals surface area (Å²) < 4.78 is 3.59. The Labute approximate surface area is 164 Å². The van der Waals surface area contributed by atoms with Gasteiger partial charge < -0.3 is 5.32 Å². The van der Waals surface area contributed by atoms with Gasteiger partial charge in [-0.15, -0.1) is 0 Å². The Kier molecular flexibility index (Phi) is 5.65. The van der Waals surface area contributed by atoms with E-state index in [0.717, 1.165) is 17.0 Å². The zero-order chi connectivity index (χ0) is 19.6. The molecule has 27 heavy (non-hydrogen) atoms. The summed E-state index contributed by atoms with van der Waals surface area (Å²) in [5.41, 5.74) is 4.73. The Morgan fingerprint density at radius 2 is 1.93 bits per heavy atom. The number of hydrogen-bond donors (Lipinski definition) is 1. The lowest BCUT2D eigenvalue weighted by Gasteiger charge is -2.12. The topological polar surface area (TPSA) is 64.7 Å². The van der Waals surface area contributed by atoms with Gasteiger partial charge in [0.05, 0.1) is 47.3 Å².